The highest BCUT2D eigenvalue weighted by molar-refractivity contribution is 5.89. The molecule has 32 heavy (non-hydrogen) atoms. The molecule has 3 N–H and O–H groups in total. The topological polar surface area (TPSA) is 114 Å². The van der Waals surface area contributed by atoms with Gasteiger partial charge >= 0.3 is 12.1 Å². The molecule has 0 aromatic heterocycles. The summed E-state index contributed by atoms with van der Waals surface area (Å²) in [6, 6.07) is 14.4. The Morgan fingerprint density at radius 2 is 1.62 bits per heavy atom. The van der Waals surface area contributed by atoms with Gasteiger partial charge in [0.2, 0.25) is 5.91 Å². The highest BCUT2D eigenvalue weighted by Gasteiger charge is 2.30. The van der Waals surface area contributed by atoms with Gasteiger partial charge < -0.3 is 25.2 Å². The molecule has 0 bridgehead atoms. The molecule has 0 fully saturated rings. The third-order valence-electron chi connectivity index (χ3n) is 5.10. The normalized spacial score (nSPS) is 13.0. The van der Waals surface area contributed by atoms with Gasteiger partial charge in [0.15, 0.2) is 0 Å². The Bertz CT molecular complexity index is 922. The maximum Gasteiger partial charge on any atom is 0.407 e. The van der Waals surface area contributed by atoms with E-state index in [1.54, 1.807) is 0 Å². The van der Waals surface area contributed by atoms with Crippen molar-refractivity contribution in [3.63, 3.8) is 0 Å². The van der Waals surface area contributed by atoms with Crippen molar-refractivity contribution >= 4 is 18.0 Å². The molecule has 2 amide bonds. The number of carbonyl (C=O) groups excluding carboxylic acids is 2. The van der Waals surface area contributed by atoms with E-state index in [9.17, 15) is 18.8 Å². The van der Waals surface area contributed by atoms with Crippen LogP contribution in [0.25, 0.3) is 11.1 Å². The number of alkyl carbamates (subject to hydrolysis) is 1. The fourth-order valence-corrected chi connectivity index (χ4v) is 3.69. The largest absolute Gasteiger partial charge is 0.481 e. The first kappa shape index (κ1) is 23.2. The first-order valence-electron chi connectivity index (χ1n) is 10.3. The number of fused-ring (bicyclic) bond motifs is 3. The van der Waals surface area contributed by atoms with Crippen molar-refractivity contribution in [1.82, 2.24) is 10.6 Å². The average Bonchev–Trinajstić information content (AvgIpc) is 3.10. The van der Waals surface area contributed by atoms with Gasteiger partial charge in [0.25, 0.3) is 0 Å². The first-order valence-corrected chi connectivity index (χ1v) is 10.3. The summed E-state index contributed by atoms with van der Waals surface area (Å²) < 4.78 is 22.3. The van der Waals surface area contributed by atoms with Crippen LogP contribution in [0.1, 0.15) is 23.5 Å². The molecule has 8 nitrogen and oxygen atoms in total. The maximum absolute atomic E-state index is 12.4. The average molecular weight is 444 g/mol. The number of ether oxygens (including phenoxy) is 2. The monoisotopic (exact) mass is 444 g/mol. The van der Waals surface area contributed by atoms with Crippen LogP contribution in [0, 0.1) is 0 Å². The molecule has 0 spiro atoms. The molecule has 2 aromatic rings. The molecule has 1 unspecified atom stereocenters. The summed E-state index contributed by atoms with van der Waals surface area (Å²) in [6.07, 6.45) is -1.50. The van der Waals surface area contributed by atoms with E-state index in [4.69, 9.17) is 14.6 Å². The summed E-state index contributed by atoms with van der Waals surface area (Å²) >= 11 is 0. The summed E-state index contributed by atoms with van der Waals surface area (Å²) in [4.78, 5) is 35.7. The number of nitrogens with one attached hydrogen (secondary N) is 2. The van der Waals surface area contributed by atoms with Crippen LogP contribution in [0.3, 0.4) is 0 Å². The van der Waals surface area contributed by atoms with E-state index in [0.717, 1.165) is 22.3 Å². The van der Waals surface area contributed by atoms with Crippen LogP contribution >= 0.6 is 0 Å². The minimum Gasteiger partial charge on any atom is -0.481 e. The van der Waals surface area contributed by atoms with Crippen LogP contribution in [0.2, 0.25) is 0 Å². The fourth-order valence-electron chi connectivity index (χ4n) is 3.69. The second-order valence-corrected chi connectivity index (χ2v) is 7.21. The highest BCUT2D eigenvalue weighted by atomic mass is 19.1. The van der Waals surface area contributed by atoms with Crippen LogP contribution in [-0.4, -0.2) is 62.2 Å². The van der Waals surface area contributed by atoms with Crippen LogP contribution < -0.4 is 10.6 Å². The molecular weight excluding hydrogens is 419 g/mol. The molecular formula is C23H25FN2O6. The van der Waals surface area contributed by atoms with Crippen molar-refractivity contribution < 1.29 is 33.4 Å². The molecule has 0 saturated heterocycles. The van der Waals surface area contributed by atoms with Crippen molar-refractivity contribution in [2.75, 3.05) is 33.0 Å². The van der Waals surface area contributed by atoms with Crippen LogP contribution in [0.4, 0.5) is 9.18 Å². The molecule has 0 saturated carbocycles. The number of aliphatic carboxylic acids is 1. The van der Waals surface area contributed by atoms with Gasteiger partial charge in [0.05, 0.1) is 19.6 Å². The number of amides is 2. The number of rotatable bonds is 11. The lowest BCUT2D eigenvalue weighted by Gasteiger charge is -2.18. The zero-order valence-corrected chi connectivity index (χ0v) is 17.4. The minimum atomic E-state index is -1.32. The quantitative estimate of drug-likeness (QED) is 0.459. The standard InChI is InChI=1S/C23H25FN2O6/c24-9-11-31-12-10-25-22(29)20(13-21(27)28)26-23(30)32-14-19-17-7-3-1-5-15(17)16-6-2-4-8-18(16)19/h1-8,19-20H,9-14H2,(H,25,29)(H,26,30)(H,27,28). The second kappa shape index (κ2) is 11.2. The summed E-state index contributed by atoms with van der Waals surface area (Å²) in [5.41, 5.74) is 4.23. The van der Waals surface area contributed by atoms with Gasteiger partial charge in [0, 0.05) is 12.5 Å². The zero-order valence-electron chi connectivity index (χ0n) is 17.4. The molecule has 0 radical (unpaired) electrons. The molecule has 170 valence electrons. The Morgan fingerprint density at radius 1 is 1.00 bits per heavy atom. The van der Waals surface area contributed by atoms with Crippen molar-refractivity contribution in [2.24, 2.45) is 0 Å². The fraction of sp³-hybridized carbons (Fsp3) is 0.348. The molecule has 3 rings (SSSR count). The van der Waals surface area contributed by atoms with Crippen LogP contribution in [0.5, 0.6) is 0 Å². The van der Waals surface area contributed by atoms with Gasteiger partial charge in [-0.15, -0.1) is 0 Å². The lowest BCUT2D eigenvalue weighted by molar-refractivity contribution is -0.139. The zero-order chi connectivity index (χ0) is 22.9. The number of carboxylic acids is 1. The summed E-state index contributed by atoms with van der Waals surface area (Å²) in [7, 11) is 0. The van der Waals surface area contributed by atoms with Crippen molar-refractivity contribution in [3.05, 3.63) is 59.7 Å². The Kier molecular flexibility index (Phi) is 8.15. The van der Waals surface area contributed by atoms with E-state index < -0.39 is 37.1 Å². The highest BCUT2D eigenvalue weighted by Crippen LogP contribution is 2.44. The van der Waals surface area contributed by atoms with E-state index in [0.29, 0.717) is 0 Å². The van der Waals surface area contributed by atoms with Crippen LogP contribution in [-0.2, 0) is 19.1 Å². The summed E-state index contributed by atoms with van der Waals surface area (Å²) in [5.74, 6) is -2.10. The third-order valence-corrected chi connectivity index (χ3v) is 5.10. The molecule has 0 heterocycles. The Hall–Kier alpha value is -3.46. The lowest BCUT2D eigenvalue weighted by atomic mass is 9.98. The number of carbonyl (C=O) groups is 3. The van der Waals surface area contributed by atoms with Gasteiger partial charge in [0.1, 0.15) is 19.3 Å². The van der Waals surface area contributed by atoms with E-state index in [2.05, 4.69) is 10.6 Å². The third kappa shape index (κ3) is 5.82. The number of benzene rings is 2. The number of halogens is 1. The predicted molar refractivity (Wildman–Crippen MR) is 114 cm³/mol. The molecule has 0 aliphatic heterocycles. The molecule has 1 aliphatic carbocycles. The number of hydrogen-bond acceptors (Lipinski definition) is 5. The van der Waals surface area contributed by atoms with Crippen LogP contribution in [0.15, 0.2) is 48.5 Å². The van der Waals surface area contributed by atoms with E-state index >= 15 is 0 Å². The van der Waals surface area contributed by atoms with E-state index in [1.807, 2.05) is 48.5 Å². The van der Waals surface area contributed by atoms with Gasteiger partial charge in [-0.3, -0.25) is 9.59 Å². The van der Waals surface area contributed by atoms with E-state index in [-0.39, 0.29) is 32.3 Å². The van der Waals surface area contributed by atoms with Gasteiger partial charge in [-0.2, -0.15) is 0 Å². The van der Waals surface area contributed by atoms with E-state index in [1.165, 1.54) is 0 Å². The number of carboxylic acid groups (broad SMARTS) is 1. The number of alkyl halides is 1. The first-order chi connectivity index (χ1) is 15.5. The molecule has 9 heteroatoms. The summed E-state index contributed by atoms with van der Waals surface area (Å²) in [6.45, 7) is -0.564. The lowest BCUT2D eigenvalue weighted by Crippen LogP contribution is -2.48. The predicted octanol–water partition coefficient (Wildman–Crippen LogP) is 2.47. The Morgan fingerprint density at radius 3 is 2.22 bits per heavy atom. The van der Waals surface area contributed by atoms with Crippen molar-refractivity contribution in [1.29, 1.82) is 0 Å². The smallest absolute Gasteiger partial charge is 0.407 e. The summed E-state index contributed by atoms with van der Waals surface area (Å²) in [5, 5.41) is 13.8. The van der Waals surface area contributed by atoms with Gasteiger partial charge in [-0.05, 0) is 22.3 Å². The Labute approximate surface area is 184 Å². The maximum atomic E-state index is 12.4. The molecule has 1 atom stereocenters. The SMILES string of the molecule is O=C(O)CC(NC(=O)OCC1c2ccccc2-c2ccccc21)C(=O)NCCOCCF. The Balaban J connectivity index is 1.58. The molecule has 2 aromatic carbocycles. The van der Waals surface area contributed by atoms with Gasteiger partial charge in [-0.25, -0.2) is 9.18 Å². The second-order valence-electron chi connectivity index (χ2n) is 7.21. The molecule has 1 aliphatic rings. The number of hydrogen-bond donors (Lipinski definition) is 3. The van der Waals surface area contributed by atoms with Gasteiger partial charge in [-0.1, -0.05) is 48.5 Å². The van der Waals surface area contributed by atoms with Crippen molar-refractivity contribution in [3.8, 4) is 11.1 Å². The van der Waals surface area contributed by atoms with Crippen molar-refractivity contribution in [2.45, 2.75) is 18.4 Å². The minimum absolute atomic E-state index is 0.0400.